The highest BCUT2D eigenvalue weighted by Crippen LogP contribution is 2.43. The first-order chi connectivity index (χ1) is 15.5. The van der Waals surface area contributed by atoms with E-state index in [1.165, 1.54) is 25.3 Å². The third-order valence-electron chi connectivity index (χ3n) is 4.97. The summed E-state index contributed by atoms with van der Waals surface area (Å²) in [5, 5.41) is 2.95. The minimum absolute atomic E-state index is 0.0278. The van der Waals surface area contributed by atoms with E-state index in [1.807, 2.05) is 24.3 Å². The Labute approximate surface area is 191 Å². The first kappa shape index (κ1) is 24.5. The van der Waals surface area contributed by atoms with Gasteiger partial charge in [-0.15, -0.1) is 0 Å². The average Bonchev–Trinajstić information content (AvgIpc) is 2.76. The molecule has 0 saturated heterocycles. The summed E-state index contributed by atoms with van der Waals surface area (Å²) in [4.78, 5) is -0.212. The van der Waals surface area contributed by atoms with Crippen molar-refractivity contribution in [3.8, 4) is 11.5 Å². The van der Waals surface area contributed by atoms with E-state index in [4.69, 9.17) is 14.0 Å². The molecule has 0 bridgehead atoms. The predicted octanol–water partition coefficient (Wildman–Crippen LogP) is 4.50. The number of aryl methyl sites for hydroxylation is 1. The molecule has 174 valence electrons. The van der Waals surface area contributed by atoms with Gasteiger partial charge in [0.2, 0.25) is 0 Å². The van der Waals surface area contributed by atoms with Crippen LogP contribution in [0.25, 0.3) is 21.5 Å². The maximum Gasteiger partial charge on any atom is 0.294 e. The number of hydrogen-bond donors (Lipinski definition) is 2. The number of fused-ring (bicyclic) bond motifs is 2. The monoisotopic (exact) mass is 490 g/mol. The second-order valence-corrected chi connectivity index (χ2v) is 9.85. The Morgan fingerprint density at radius 1 is 0.636 bits per heavy atom. The Morgan fingerprint density at radius 3 is 1.58 bits per heavy atom. The van der Waals surface area contributed by atoms with Crippen molar-refractivity contribution in [3.05, 3.63) is 72.3 Å². The minimum atomic E-state index is -4.29. The van der Waals surface area contributed by atoms with E-state index in [0.717, 1.165) is 10.8 Å². The molecule has 8 nitrogen and oxygen atoms in total. The van der Waals surface area contributed by atoms with Crippen LogP contribution in [0.1, 0.15) is 5.56 Å². The number of hydrogen-bond acceptors (Lipinski definition) is 6. The fourth-order valence-corrected chi connectivity index (χ4v) is 4.76. The topological polar surface area (TPSA) is 127 Å². The number of rotatable bonds is 4. The zero-order chi connectivity index (χ0) is 24.4. The molecule has 4 aromatic rings. The molecule has 0 amide bonds. The SMILES string of the molecule is COc1c2ccccc2c(OC)c2cc(S(=O)(=O)O)ccc12.Cc1ccccc1S(=O)(=O)O. The van der Waals surface area contributed by atoms with Crippen LogP contribution >= 0.6 is 0 Å². The second kappa shape index (κ2) is 9.36. The van der Waals surface area contributed by atoms with Gasteiger partial charge in [-0.3, -0.25) is 9.11 Å². The zero-order valence-electron chi connectivity index (χ0n) is 18.0. The van der Waals surface area contributed by atoms with Crippen LogP contribution in [0.4, 0.5) is 0 Å². The van der Waals surface area contributed by atoms with Crippen molar-refractivity contribution in [3.63, 3.8) is 0 Å². The van der Waals surface area contributed by atoms with Gasteiger partial charge in [-0.2, -0.15) is 16.8 Å². The van der Waals surface area contributed by atoms with Crippen molar-refractivity contribution in [2.45, 2.75) is 16.7 Å². The molecule has 0 aliphatic heterocycles. The molecular weight excluding hydrogens is 468 g/mol. The van der Waals surface area contributed by atoms with E-state index < -0.39 is 20.2 Å². The molecule has 2 N–H and O–H groups in total. The fourth-order valence-electron chi connectivity index (χ4n) is 3.52. The summed E-state index contributed by atoms with van der Waals surface area (Å²) in [6, 6.07) is 18.1. The standard InChI is InChI=1S/C16H14O5S.C7H8O3S/c1-20-15-11-5-3-4-6-12(11)16(21-2)14-9-10(22(17,18)19)7-8-13(14)15;1-6-4-2-3-5-7(6)11(8,9)10/h3-9H,1-2H3,(H,17,18,19);2-5H,1H3,(H,8,9,10). The van der Waals surface area contributed by atoms with Gasteiger partial charge in [-0.25, -0.2) is 0 Å². The zero-order valence-corrected chi connectivity index (χ0v) is 19.6. The summed E-state index contributed by atoms with van der Waals surface area (Å²) >= 11 is 0. The average molecular weight is 491 g/mol. The molecule has 0 unspecified atom stereocenters. The highest BCUT2D eigenvalue weighted by molar-refractivity contribution is 7.86. The normalized spacial score (nSPS) is 11.7. The van der Waals surface area contributed by atoms with Crippen LogP contribution < -0.4 is 9.47 Å². The molecule has 0 heterocycles. The highest BCUT2D eigenvalue weighted by atomic mass is 32.2. The fraction of sp³-hybridized carbons (Fsp3) is 0.130. The molecule has 4 aromatic carbocycles. The Morgan fingerprint density at radius 2 is 1.12 bits per heavy atom. The Bertz CT molecular complexity index is 1540. The Hall–Kier alpha value is -3.18. The first-order valence-corrected chi connectivity index (χ1v) is 12.4. The van der Waals surface area contributed by atoms with Crippen LogP contribution in [0.5, 0.6) is 11.5 Å². The molecule has 0 spiro atoms. The van der Waals surface area contributed by atoms with Gasteiger partial charge >= 0.3 is 0 Å². The van der Waals surface area contributed by atoms with Crippen molar-refractivity contribution in [1.29, 1.82) is 0 Å². The molecule has 0 aliphatic rings. The van der Waals surface area contributed by atoms with E-state index in [9.17, 15) is 21.4 Å². The van der Waals surface area contributed by atoms with Crippen LogP contribution in [0.3, 0.4) is 0 Å². The van der Waals surface area contributed by atoms with Gasteiger partial charge in [0.25, 0.3) is 20.2 Å². The molecule has 4 rings (SSSR count). The molecule has 0 atom stereocenters. The van der Waals surface area contributed by atoms with Crippen molar-refractivity contribution >= 4 is 41.8 Å². The summed E-state index contributed by atoms with van der Waals surface area (Å²) in [7, 11) is -5.24. The number of methoxy groups -OCH3 is 2. The Kier molecular flexibility index (Phi) is 6.94. The van der Waals surface area contributed by atoms with E-state index in [2.05, 4.69) is 0 Å². The highest BCUT2D eigenvalue weighted by Gasteiger charge is 2.18. The summed E-state index contributed by atoms with van der Waals surface area (Å²) in [5.41, 5.74) is 0.551. The minimum Gasteiger partial charge on any atom is -0.495 e. The van der Waals surface area contributed by atoms with Crippen LogP contribution in [0.15, 0.2) is 76.5 Å². The lowest BCUT2D eigenvalue weighted by molar-refractivity contribution is 0.417. The summed E-state index contributed by atoms with van der Waals surface area (Å²) in [6.07, 6.45) is 0. The molecule has 0 saturated carbocycles. The van der Waals surface area contributed by atoms with Crippen LogP contribution in [0.2, 0.25) is 0 Å². The molecule has 10 heteroatoms. The summed E-state index contributed by atoms with van der Waals surface area (Å²) in [5.74, 6) is 1.17. The third kappa shape index (κ3) is 5.09. The van der Waals surface area contributed by atoms with Gasteiger partial charge in [0.1, 0.15) is 11.5 Å². The molecular formula is C23H22O8S2. The van der Waals surface area contributed by atoms with E-state index in [0.29, 0.717) is 27.8 Å². The van der Waals surface area contributed by atoms with Gasteiger partial charge < -0.3 is 9.47 Å². The maximum atomic E-state index is 11.4. The van der Waals surface area contributed by atoms with Crippen molar-refractivity contribution < 1.29 is 35.4 Å². The maximum absolute atomic E-state index is 11.4. The Balaban J connectivity index is 0.000000235. The first-order valence-electron chi connectivity index (χ1n) is 9.56. The van der Waals surface area contributed by atoms with Crippen LogP contribution in [-0.4, -0.2) is 40.2 Å². The lowest BCUT2D eigenvalue weighted by atomic mass is 10.0. The summed E-state index contributed by atoms with van der Waals surface area (Å²) in [6.45, 7) is 1.63. The van der Waals surface area contributed by atoms with Gasteiger partial charge in [0.15, 0.2) is 0 Å². The largest absolute Gasteiger partial charge is 0.495 e. The van der Waals surface area contributed by atoms with Crippen LogP contribution in [-0.2, 0) is 20.2 Å². The molecule has 0 aromatic heterocycles. The van der Waals surface area contributed by atoms with Gasteiger partial charge in [0.05, 0.1) is 24.0 Å². The van der Waals surface area contributed by atoms with Gasteiger partial charge in [-0.05, 0) is 36.8 Å². The quantitative estimate of drug-likeness (QED) is 0.316. The molecule has 0 radical (unpaired) electrons. The second-order valence-electron chi connectivity index (χ2n) is 7.04. The van der Waals surface area contributed by atoms with Gasteiger partial charge in [0, 0.05) is 21.5 Å². The van der Waals surface area contributed by atoms with Crippen molar-refractivity contribution in [2.75, 3.05) is 14.2 Å². The molecule has 0 fully saturated rings. The molecule has 33 heavy (non-hydrogen) atoms. The number of benzene rings is 4. The van der Waals surface area contributed by atoms with Gasteiger partial charge in [-0.1, -0.05) is 42.5 Å². The third-order valence-corrected chi connectivity index (χ3v) is 6.84. The number of ether oxygens (including phenoxy) is 2. The molecule has 0 aliphatic carbocycles. The van der Waals surface area contributed by atoms with E-state index in [1.54, 1.807) is 38.3 Å². The summed E-state index contributed by atoms with van der Waals surface area (Å²) < 4.78 is 72.8. The van der Waals surface area contributed by atoms with Crippen molar-refractivity contribution in [2.24, 2.45) is 0 Å². The van der Waals surface area contributed by atoms with Crippen molar-refractivity contribution in [1.82, 2.24) is 0 Å². The predicted molar refractivity (Wildman–Crippen MR) is 125 cm³/mol. The smallest absolute Gasteiger partial charge is 0.294 e. The van der Waals surface area contributed by atoms with E-state index in [-0.39, 0.29) is 9.79 Å². The lowest BCUT2D eigenvalue weighted by Gasteiger charge is -2.15. The van der Waals surface area contributed by atoms with Crippen LogP contribution in [0, 0.1) is 6.92 Å². The van der Waals surface area contributed by atoms with E-state index >= 15 is 0 Å². The lowest BCUT2D eigenvalue weighted by Crippen LogP contribution is -1.99.